The smallest absolute Gasteiger partial charge is 0.166 e. The lowest BCUT2D eigenvalue weighted by Crippen LogP contribution is -2.45. The van der Waals surface area contributed by atoms with Crippen LogP contribution in [0.25, 0.3) is 0 Å². The highest BCUT2D eigenvalue weighted by atomic mass is 16.7. The van der Waals surface area contributed by atoms with E-state index in [1.165, 1.54) is 0 Å². The quantitative estimate of drug-likeness (QED) is 0.787. The average Bonchev–Trinajstić information content (AvgIpc) is 2.38. The van der Waals surface area contributed by atoms with Gasteiger partial charge in [-0.15, -0.1) is 0 Å². The van der Waals surface area contributed by atoms with Crippen LogP contribution in [0.15, 0.2) is 24.3 Å². The fraction of sp³-hybridized carbons (Fsp3) is 0.462. The van der Waals surface area contributed by atoms with E-state index >= 15 is 0 Å². The first-order valence-corrected chi connectivity index (χ1v) is 5.78. The molecule has 90 valence electrons. The summed E-state index contributed by atoms with van der Waals surface area (Å²) in [5, 5.41) is 9.05. The number of hydrogen-bond acceptors (Lipinski definition) is 4. The second-order valence-electron chi connectivity index (χ2n) is 4.46. The maximum atomic E-state index is 11.7. The lowest BCUT2D eigenvalue weighted by Gasteiger charge is -2.38. The molecule has 1 unspecified atom stereocenters. The zero-order valence-electron chi connectivity index (χ0n) is 9.33. The summed E-state index contributed by atoms with van der Waals surface area (Å²) in [6, 6.07) is 7.95. The molecule has 2 aliphatic rings. The van der Waals surface area contributed by atoms with Crippen LogP contribution in [0.3, 0.4) is 0 Å². The highest BCUT2D eigenvalue weighted by molar-refractivity contribution is 5.84. The van der Waals surface area contributed by atoms with E-state index in [1.54, 1.807) is 0 Å². The molecule has 3 atom stereocenters. The fourth-order valence-electron chi connectivity index (χ4n) is 2.53. The van der Waals surface area contributed by atoms with Crippen LogP contribution in [0.2, 0.25) is 0 Å². The molecule has 1 fully saturated rings. The molecule has 0 bridgehead atoms. The Hall–Kier alpha value is -1.23. The second-order valence-corrected chi connectivity index (χ2v) is 4.46. The molecule has 1 aromatic carbocycles. The van der Waals surface area contributed by atoms with Crippen molar-refractivity contribution in [1.82, 2.24) is 0 Å². The number of aliphatic hydroxyl groups excluding tert-OH is 1. The first-order chi connectivity index (χ1) is 8.29. The first-order valence-electron chi connectivity index (χ1n) is 5.78. The Kier molecular flexibility index (Phi) is 2.70. The first kappa shape index (κ1) is 10.9. The van der Waals surface area contributed by atoms with Crippen LogP contribution < -0.4 is 0 Å². The van der Waals surface area contributed by atoms with Gasteiger partial charge in [0, 0.05) is 12.3 Å². The van der Waals surface area contributed by atoms with Gasteiger partial charge in [-0.05, 0) is 11.1 Å². The SMILES string of the molecule is O=C1C[C@H]2c3ccccc3CO[C@H]2OC1CO. The van der Waals surface area contributed by atoms with E-state index in [0.717, 1.165) is 11.1 Å². The van der Waals surface area contributed by atoms with Crippen LogP contribution in [-0.4, -0.2) is 29.9 Å². The normalized spacial score (nSPS) is 31.8. The van der Waals surface area contributed by atoms with Crippen molar-refractivity contribution in [1.29, 1.82) is 0 Å². The molecular formula is C13H14O4. The molecule has 4 heteroatoms. The number of Topliss-reactive ketones (excluding diaryl/α,β-unsaturated/α-hetero) is 1. The molecule has 0 spiro atoms. The topological polar surface area (TPSA) is 55.8 Å². The number of rotatable bonds is 1. The van der Waals surface area contributed by atoms with Gasteiger partial charge in [-0.1, -0.05) is 24.3 Å². The van der Waals surface area contributed by atoms with Gasteiger partial charge in [0.25, 0.3) is 0 Å². The second kappa shape index (κ2) is 4.22. The Bertz CT molecular complexity index is 443. The van der Waals surface area contributed by atoms with Crippen LogP contribution in [-0.2, 0) is 20.9 Å². The Morgan fingerprint density at radius 3 is 3.00 bits per heavy atom. The molecule has 4 nitrogen and oxygen atoms in total. The molecule has 17 heavy (non-hydrogen) atoms. The zero-order valence-corrected chi connectivity index (χ0v) is 9.33. The number of fused-ring (bicyclic) bond motifs is 3. The van der Waals surface area contributed by atoms with Gasteiger partial charge >= 0.3 is 0 Å². The number of benzene rings is 1. The Balaban J connectivity index is 1.92. The molecule has 0 saturated carbocycles. The third kappa shape index (κ3) is 1.78. The van der Waals surface area contributed by atoms with E-state index in [1.807, 2.05) is 24.3 Å². The third-order valence-electron chi connectivity index (χ3n) is 3.43. The van der Waals surface area contributed by atoms with E-state index in [4.69, 9.17) is 14.6 Å². The molecule has 0 radical (unpaired) electrons. The summed E-state index contributed by atoms with van der Waals surface area (Å²) in [5.74, 6) is -0.0793. The van der Waals surface area contributed by atoms with Gasteiger partial charge in [-0.2, -0.15) is 0 Å². The number of ether oxygens (including phenoxy) is 2. The van der Waals surface area contributed by atoms with Gasteiger partial charge < -0.3 is 14.6 Å². The average molecular weight is 234 g/mol. The van der Waals surface area contributed by atoms with Crippen molar-refractivity contribution < 1.29 is 19.4 Å². The number of carbonyl (C=O) groups is 1. The molecule has 2 aliphatic heterocycles. The summed E-state index contributed by atoms with van der Waals surface area (Å²) in [6.07, 6.45) is -0.742. The monoisotopic (exact) mass is 234 g/mol. The van der Waals surface area contributed by atoms with E-state index < -0.39 is 12.4 Å². The third-order valence-corrected chi connectivity index (χ3v) is 3.43. The summed E-state index contributed by atoms with van der Waals surface area (Å²) in [7, 11) is 0. The molecule has 3 rings (SSSR count). The van der Waals surface area contributed by atoms with E-state index in [2.05, 4.69) is 0 Å². The van der Waals surface area contributed by atoms with Gasteiger partial charge in [0.15, 0.2) is 12.1 Å². The maximum absolute atomic E-state index is 11.7. The number of hydrogen-bond donors (Lipinski definition) is 1. The van der Waals surface area contributed by atoms with Crippen molar-refractivity contribution in [3.63, 3.8) is 0 Å². The van der Waals surface area contributed by atoms with Gasteiger partial charge in [0.05, 0.1) is 13.2 Å². The van der Waals surface area contributed by atoms with Crippen LogP contribution in [0.4, 0.5) is 0 Å². The van der Waals surface area contributed by atoms with Crippen molar-refractivity contribution in [3.05, 3.63) is 35.4 Å². The maximum Gasteiger partial charge on any atom is 0.166 e. The van der Waals surface area contributed by atoms with Crippen molar-refractivity contribution >= 4 is 5.78 Å². The summed E-state index contributed by atoms with van der Waals surface area (Å²) in [5.41, 5.74) is 2.25. The molecule has 1 N–H and O–H groups in total. The molecule has 1 saturated heterocycles. The molecule has 1 aromatic rings. The van der Waals surface area contributed by atoms with Gasteiger partial charge in [-0.3, -0.25) is 4.79 Å². The molecular weight excluding hydrogens is 220 g/mol. The van der Waals surface area contributed by atoms with E-state index in [9.17, 15) is 4.79 Å². The van der Waals surface area contributed by atoms with Gasteiger partial charge in [-0.25, -0.2) is 0 Å². The summed E-state index contributed by atoms with van der Waals surface area (Å²) < 4.78 is 11.1. The predicted molar refractivity (Wildman–Crippen MR) is 59.3 cm³/mol. The van der Waals surface area contributed by atoms with Crippen molar-refractivity contribution in [2.45, 2.75) is 31.3 Å². The van der Waals surface area contributed by atoms with Crippen molar-refractivity contribution in [2.75, 3.05) is 6.61 Å². The van der Waals surface area contributed by atoms with Gasteiger partial charge in [0.2, 0.25) is 0 Å². The lowest BCUT2D eigenvalue weighted by molar-refractivity contribution is -0.218. The van der Waals surface area contributed by atoms with E-state index in [0.29, 0.717) is 13.0 Å². The minimum Gasteiger partial charge on any atom is -0.393 e. The van der Waals surface area contributed by atoms with Crippen LogP contribution in [0, 0.1) is 0 Å². The molecule has 2 heterocycles. The zero-order chi connectivity index (χ0) is 11.8. The minimum atomic E-state index is -0.721. The molecule has 0 aromatic heterocycles. The summed E-state index contributed by atoms with van der Waals surface area (Å²) in [4.78, 5) is 11.7. The Morgan fingerprint density at radius 2 is 2.18 bits per heavy atom. The van der Waals surface area contributed by atoms with Gasteiger partial charge in [0.1, 0.15) is 6.10 Å². The van der Waals surface area contributed by atoms with E-state index in [-0.39, 0.29) is 18.3 Å². The minimum absolute atomic E-state index is 0.0322. The molecule has 0 aliphatic carbocycles. The Labute approximate surface area is 99.2 Å². The number of aliphatic hydroxyl groups is 1. The Morgan fingerprint density at radius 1 is 1.35 bits per heavy atom. The van der Waals surface area contributed by atoms with Crippen LogP contribution in [0.5, 0.6) is 0 Å². The predicted octanol–water partition coefficient (Wildman–Crippen LogP) is 0.977. The lowest BCUT2D eigenvalue weighted by atomic mass is 9.85. The van der Waals surface area contributed by atoms with Crippen LogP contribution in [0.1, 0.15) is 23.5 Å². The summed E-state index contributed by atoms with van der Waals surface area (Å²) >= 11 is 0. The fourth-order valence-corrected chi connectivity index (χ4v) is 2.53. The highest BCUT2D eigenvalue weighted by Gasteiger charge is 2.40. The van der Waals surface area contributed by atoms with Crippen molar-refractivity contribution in [2.24, 2.45) is 0 Å². The molecule has 0 amide bonds. The van der Waals surface area contributed by atoms with Crippen LogP contribution >= 0.6 is 0 Å². The number of carbonyl (C=O) groups excluding carboxylic acids is 1. The highest BCUT2D eigenvalue weighted by Crippen LogP contribution is 2.38. The standard InChI is InChI=1S/C13H14O4/c14-6-12-11(15)5-10-9-4-2-1-3-8(9)7-16-13(10)17-12/h1-4,10,12-14H,5-7H2/t10-,12?,13-/m0/s1. The number of ketones is 1. The summed E-state index contributed by atoms with van der Waals surface area (Å²) in [6.45, 7) is 0.233. The van der Waals surface area contributed by atoms with Crippen molar-refractivity contribution in [3.8, 4) is 0 Å². The largest absolute Gasteiger partial charge is 0.393 e.